The van der Waals surface area contributed by atoms with E-state index in [4.69, 9.17) is 5.73 Å². The Kier molecular flexibility index (Phi) is 3.97. The first-order valence-corrected chi connectivity index (χ1v) is 8.15. The number of allylic oxidation sites excluding steroid dienone is 8. The van der Waals surface area contributed by atoms with Gasteiger partial charge in [-0.3, -0.25) is 0 Å². The molecule has 0 spiro atoms. The van der Waals surface area contributed by atoms with Gasteiger partial charge in [-0.05, 0) is 34.4 Å². The van der Waals surface area contributed by atoms with Crippen molar-refractivity contribution in [2.75, 3.05) is 5.73 Å². The molecule has 3 aromatic rings. The van der Waals surface area contributed by atoms with E-state index < -0.39 is 0 Å². The molecule has 3 nitrogen and oxygen atoms in total. The molecule has 1 aromatic heterocycles. The maximum Gasteiger partial charge on any atom is 0.134 e. The van der Waals surface area contributed by atoms with Crippen molar-refractivity contribution in [3.63, 3.8) is 0 Å². The van der Waals surface area contributed by atoms with Crippen molar-refractivity contribution in [3.8, 4) is 0 Å². The summed E-state index contributed by atoms with van der Waals surface area (Å²) >= 11 is 0. The van der Waals surface area contributed by atoms with Gasteiger partial charge in [0.05, 0.1) is 5.52 Å². The lowest BCUT2D eigenvalue weighted by Gasteiger charge is -2.14. The van der Waals surface area contributed by atoms with E-state index in [9.17, 15) is 0 Å². The quantitative estimate of drug-likeness (QED) is 0.736. The van der Waals surface area contributed by atoms with Crippen LogP contribution in [0.25, 0.3) is 22.0 Å². The van der Waals surface area contributed by atoms with Crippen molar-refractivity contribution in [1.82, 2.24) is 9.97 Å². The van der Waals surface area contributed by atoms with Gasteiger partial charge in [0.2, 0.25) is 0 Å². The fraction of sp³-hybridized carbons (Fsp3) is 0. The fourth-order valence-electron chi connectivity index (χ4n) is 2.98. The van der Waals surface area contributed by atoms with Gasteiger partial charge in [0.1, 0.15) is 12.1 Å². The summed E-state index contributed by atoms with van der Waals surface area (Å²) in [6, 6.07) is 16.5. The molecule has 0 amide bonds. The third kappa shape index (κ3) is 3.00. The Morgan fingerprint density at radius 3 is 2.16 bits per heavy atom. The smallest absolute Gasteiger partial charge is 0.134 e. The lowest BCUT2D eigenvalue weighted by Crippen LogP contribution is -1.96. The molecule has 0 atom stereocenters. The number of nitrogen functional groups attached to an aromatic ring is 1. The van der Waals surface area contributed by atoms with Gasteiger partial charge >= 0.3 is 0 Å². The zero-order chi connectivity index (χ0) is 17.1. The van der Waals surface area contributed by atoms with Crippen LogP contribution in [0.5, 0.6) is 0 Å². The molecular formula is C22H17N3. The third-order valence-corrected chi connectivity index (χ3v) is 4.21. The highest BCUT2D eigenvalue weighted by molar-refractivity contribution is 6.07. The van der Waals surface area contributed by atoms with Crippen LogP contribution in [0.15, 0.2) is 91.3 Å². The Balaban J connectivity index is 1.90. The SMILES string of the molecule is Nc1ncnc2ccc(C3=C/C=C\C=C\C=C\3c3ccccc3)cc12. The minimum Gasteiger partial charge on any atom is -0.383 e. The molecule has 3 heteroatoms. The minimum absolute atomic E-state index is 0.499. The van der Waals surface area contributed by atoms with Crippen LogP contribution in [0.3, 0.4) is 0 Å². The summed E-state index contributed by atoms with van der Waals surface area (Å²) in [5.74, 6) is 0.499. The number of anilines is 1. The van der Waals surface area contributed by atoms with Crippen LogP contribution in [0, 0.1) is 0 Å². The summed E-state index contributed by atoms with van der Waals surface area (Å²) < 4.78 is 0. The monoisotopic (exact) mass is 323 g/mol. The number of nitrogens with two attached hydrogens (primary N) is 1. The molecule has 0 radical (unpaired) electrons. The first kappa shape index (κ1) is 15.1. The zero-order valence-electron chi connectivity index (χ0n) is 13.6. The molecule has 0 saturated heterocycles. The van der Waals surface area contributed by atoms with Crippen molar-refractivity contribution in [1.29, 1.82) is 0 Å². The van der Waals surface area contributed by atoms with Crippen LogP contribution in [0.1, 0.15) is 11.1 Å². The fourth-order valence-corrected chi connectivity index (χ4v) is 2.98. The van der Waals surface area contributed by atoms with E-state index in [0.717, 1.165) is 27.6 Å². The third-order valence-electron chi connectivity index (χ3n) is 4.21. The van der Waals surface area contributed by atoms with E-state index in [0.29, 0.717) is 5.82 Å². The van der Waals surface area contributed by atoms with E-state index in [-0.39, 0.29) is 0 Å². The van der Waals surface area contributed by atoms with Crippen LogP contribution in [-0.4, -0.2) is 9.97 Å². The maximum atomic E-state index is 6.05. The van der Waals surface area contributed by atoms with Crippen LogP contribution in [0.4, 0.5) is 5.82 Å². The number of aromatic nitrogens is 2. The summed E-state index contributed by atoms with van der Waals surface area (Å²) in [5, 5.41) is 0.870. The highest BCUT2D eigenvalue weighted by Gasteiger charge is 2.12. The standard InChI is InChI=1S/C22H17N3/c23-22-20-14-17(12-13-21(20)24-15-25-22)19-11-7-2-1-6-10-18(19)16-8-4-3-5-9-16/h1-15H,(H2,23,24,25)/b2-1?,6-1+,7-2-,10-6?,11-7?,18-10+,19-11-,19-18?. The Labute approximate surface area is 146 Å². The van der Waals surface area contributed by atoms with Crippen LogP contribution in [-0.2, 0) is 0 Å². The largest absolute Gasteiger partial charge is 0.383 e. The van der Waals surface area contributed by atoms with Crippen LogP contribution < -0.4 is 5.73 Å². The van der Waals surface area contributed by atoms with E-state index in [1.807, 2.05) is 24.3 Å². The molecule has 1 aliphatic carbocycles. The molecule has 0 bridgehead atoms. The van der Waals surface area contributed by atoms with Gasteiger partial charge in [-0.25, -0.2) is 9.97 Å². The van der Waals surface area contributed by atoms with Crippen molar-refractivity contribution in [2.45, 2.75) is 0 Å². The summed E-state index contributed by atoms with van der Waals surface area (Å²) in [7, 11) is 0. The van der Waals surface area contributed by atoms with E-state index in [1.165, 1.54) is 11.9 Å². The van der Waals surface area contributed by atoms with Gasteiger partial charge in [0, 0.05) is 5.39 Å². The summed E-state index contributed by atoms with van der Waals surface area (Å²) in [4.78, 5) is 8.40. The minimum atomic E-state index is 0.499. The lowest BCUT2D eigenvalue weighted by atomic mass is 9.90. The van der Waals surface area contributed by atoms with Gasteiger partial charge in [-0.15, -0.1) is 0 Å². The molecule has 2 aromatic carbocycles. The summed E-state index contributed by atoms with van der Waals surface area (Å²) in [6.45, 7) is 0. The molecule has 2 N–H and O–H groups in total. The van der Waals surface area contributed by atoms with E-state index >= 15 is 0 Å². The Bertz CT molecular complexity index is 1040. The predicted molar refractivity (Wildman–Crippen MR) is 105 cm³/mol. The second kappa shape index (κ2) is 6.57. The Morgan fingerprint density at radius 1 is 0.680 bits per heavy atom. The van der Waals surface area contributed by atoms with Gasteiger partial charge < -0.3 is 5.73 Å². The number of rotatable bonds is 2. The lowest BCUT2D eigenvalue weighted by molar-refractivity contribution is 1.23. The zero-order valence-corrected chi connectivity index (χ0v) is 13.6. The average Bonchev–Trinajstić information content (AvgIpc) is 2.63. The molecule has 1 heterocycles. The van der Waals surface area contributed by atoms with Gasteiger partial charge in [0.25, 0.3) is 0 Å². The van der Waals surface area contributed by atoms with Crippen molar-refractivity contribution >= 4 is 27.9 Å². The first-order chi connectivity index (χ1) is 12.3. The first-order valence-electron chi connectivity index (χ1n) is 8.15. The topological polar surface area (TPSA) is 51.8 Å². The molecule has 0 saturated carbocycles. The van der Waals surface area contributed by atoms with Crippen LogP contribution >= 0.6 is 0 Å². The average molecular weight is 323 g/mol. The normalized spacial score (nSPS) is 20.6. The van der Waals surface area contributed by atoms with Gasteiger partial charge in [-0.2, -0.15) is 0 Å². The van der Waals surface area contributed by atoms with Gasteiger partial charge in [0.15, 0.2) is 0 Å². The van der Waals surface area contributed by atoms with Crippen molar-refractivity contribution in [2.24, 2.45) is 0 Å². The van der Waals surface area contributed by atoms with E-state index in [2.05, 4.69) is 70.7 Å². The number of hydrogen-bond donors (Lipinski definition) is 1. The number of hydrogen-bond acceptors (Lipinski definition) is 3. The summed E-state index contributed by atoms with van der Waals surface area (Å²) in [6.07, 6.45) is 13.9. The maximum absolute atomic E-state index is 6.05. The molecule has 0 unspecified atom stereocenters. The number of fused-ring (bicyclic) bond motifs is 1. The van der Waals surface area contributed by atoms with Crippen molar-refractivity contribution < 1.29 is 0 Å². The van der Waals surface area contributed by atoms with Crippen LogP contribution in [0.2, 0.25) is 0 Å². The molecular weight excluding hydrogens is 306 g/mol. The predicted octanol–water partition coefficient (Wildman–Crippen LogP) is 4.81. The molecule has 4 rings (SSSR count). The summed E-state index contributed by atoms with van der Waals surface area (Å²) in [5.41, 5.74) is 11.5. The number of nitrogens with zero attached hydrogens (tertiary/aromatic N) is 2. The highest BCUT2D eigenvalue weighted by Crippen LogP contribution is 2.34. The number of benzene rings is 2. The molecule has 120 valence electrons. The molecule has 0 aliphatic heterocycles. The Hall–Kier alpha value is -3.46. The van der Waals surface area contributed by atoms with Crippen molar-refractivity contribution in [3.05, 3.63) is 102 Å². The Morgan fingerprint density at radius 2 is 1.40 bits per heavy atom. The molecule has 25 heavy (non-hydrogen) atoms. The second-order valence-corrected chi connectivity index (χ2v) is 5.79. The van der Waals surface area contributed by atoms with E-state index in [1.54, 1.807) is 0 Å². The van der Waals surface area contributed by atoms with Gasteiger partial charge in [-0.1, -0.05) is 72.9 Å². The molecule has 1 aliphatic rings. The molecule has 0 fully saturated rings. The second-order valence-electron chi connectivity index (χ2n) is 5.79. The highest BCUT2D eigenvalue weighted by atomic mass is 14.9.